The molecule has 8 heteroatoms. The van der Waals surface area contributed by atoms with Crippen molar-refractivity contribution in [1.29, 1.82) is 0 Å². The number of amides is 1. The van der Waals surface area contributed by atoms with E-state index in [-0.39, 0.29) is 34.6 Å². The Kier molecular flexibility index (Phi) is 6.19. The van der Waals surface area contributed by atoms with E-state index in [1.165, 1.54) is 23.9 Å². The van der Waals surface area contributed by atoms with Crippen LogP contribution in [0, 0.1) is 12.7 Å². The molecular weight excluding hydrogens is 415 g/mol. The standard InChI is InChI=1S/C21H20ClFN2O3S/c1-11(2)24-17(26)10-25-12(3)20(15-7-8-16(22)18(23)19(15)25)29-14-6-4-5-13(9-14)21(27)28/h4-9,11H,10H2,1-3H3,(H,24,26)(H,27,28). The predicted octanol–water partition coefficient (Wildman–Crippen LogP) is 5.12. The van der Waals surface area contributed by atoms with E-state index in [1.54, 1.807) is 35.8 Å². The molecule has 0 aliphatic carbocycles. The lowest BCUT2D eigenvalue weighted by Crippen LogP contribution is -2.33. The second-order valence-corrected chi connectivity index (χ2v) is 8.41. The maximum Gasteiger partial charge on any atom is 0.335 e. The minimum Gasteiger partial charge on any atom is -0.478 e. The van der Waals surface area contributed by atoms with Crippen molar-refractivity contribution in [2.75, 3.05) is 0 Å². The first-order valence-corrected chi connectivity index (χ1v) is 10.2. The molecule has 0 unspecified atom stereocenters. The van der Waals surface area contributed by atoms with Gasteiger partial charge in [-0.05, 0) is 51.1 Å². The molecule has 0 aliphatic rings. The van der Waals surface area contributed by atoms with E-state index in [1.807, 2.05) is 13.8 Å². The van der Waals surface area contributed by atoms with Crippen LogP contribution in [0.15, 0.2) is 46.2 Å². The van der Waals surface area contributed by atoms with E-state index in [0.717, 1.165) is 4.90 Å². The molecule has 3 aromatic rings. The molecular formula is C21H20ClFN2O3S. The van der Waals surface area contributed by atoms with E-state index >= 15 is 0 Å². The first kappa shape index (κ1) is 21.2. The first-order valence-electron chi connectivity index (χ1n) is 8.96. The van der Waals surface area contributed by atoms with Crippen LogP contribution in [0.2, 0.25) is 5.02 Å². The Balaban J connectivity index is 2.12. The van der Waals surface area contributed by atoms with Crippen LogP contribution in [0.5, 0.6) is 0 Å². The largest absolute Gasteiger partial charge is 0.478 e. The number of hydrogen-bond acceptors (Lipinski definition) is 3. The number of aromatic nitrogens is 1. The normalized spacial score (nSPS) is 11.2. The number of aromatic carboxylic acids is 1. The number of carbonyl (C=O) groups excluding carboxylic acids is 1. The van der Waals surface area contributed by atoms with Gasteiger partial charge in [-0.2, -0.15) is 0 Å². The van der Waals surface area contributed by atoms with Gasteiger partial charge in [0.25, 0.3) is 0 Å². The molecule has 5 nitrogen and oxygen atoms in total. The third-order valence-electron chi connectivity index (χ3n) is 4.37. The minimum atomic E-state index is -1.02. The molecule has 0 saturated heterocycles. The number of carbonyl (C=O) groups is 2. The second kappa shape index (κ2) is 8.47. The SMILES string of the molecule is Cc1c(Sc2cccc(C(=O)O)c2)c2ccc(Cl)c(F)c2n1CC(=O)NC(C)C. The quantitative estimate of drug-likeness (QED) is 0.565. The topological polar surface area (TPSA) is 71.3 Å². The van der Waals surface area contributed by atoms with Crippen molar-refractivity contribution in [1.82, 2.24) is 9.88 Å². The lowest BCUT2D eigenvalue weighted by molar-refractivity contribution is -0.122. The number of nitrogens with one attached hydrogen (secondary N) is 1. The maximum absolute atomic E-state index is 14.9. The third kappa shape index (κ3) is 4.41. The molecule has 0 atom stereocenters. The van der Waals surface area contributed by atoms with E-state index < -0.39 is 11.8 Å². The molecule has 0 fully saturated rings. The number of hydrogen-bond donors (Lipinski definition) is 2. The van der Waals surface area contributed by atoms with Crippen LogP contribution in [0.25, 0.3) is 10.9 Å². The highest BCUT2D eigenvalue weighted by atomic mass is 35.5. The fraction of sp³-hybridized carbons (Fsp3) is 0.238. The molecule has 29 heavy (non-hydrogen) atoms. The molecule has 1 amide bonds. The predicted molar refractivity (Wildman–Crippen MR) is 112 cm³/mol. The lowest BCUT2D eigenvalue weighted by Gasteiger charge is -2.12. The Labute approximate surface area is 176 Å². The summed E-state index contributed by atoms with van der Waals surface area (Å²) >= 11 is 7.32. The highest BCUT2D eigenvalue weighted by Gasteiger charge is 2.22. The van der Waals surface area contributed by atoms with Crippen molar-refractivity contribution in [3.63, 3.8) is 0 Å². The molecule has 0 spiro atoms. The summed E-state index contributed by atoms with van der Waals surface area (Å²) in [5, 5.41) is 12.6. The monoisotopic (exact) mass is 434 g/mol. The van der Waals surface area contributed by atoms with Crippen LogP contribution in [-0.4, -0.2) is 27.6 Å². The number of benzene rings is 2. The van der Waals surface area contributed by atoms with Gasteiger partial charge in [-0.15, -0.1) is 0 Å². The summed E-state index contributed by atoms with van der Waals surface area (Å²) in [4.78, 5) is 25.0. The van der Waals surface area contributed by atoms with Gasteiger partial charge in [-0.1, -0.05) is 29.4 Å². The average molecular weight is 435 g/mol. The number of fused-ring (bicyclic) bond motifs is 1. The van der Waals surface area contributed by atoms with Gasteiger partial charge in [-0.3, -0.25) is 4.79 Å². The molecule has 2 N–H and O–H groups in total. The molecule has 0 bridgehead atoms. The van der Waals surface area contributed by atoms with Gasteiger partial charge < -0.3 is 15.0 Å². The number of halogens is 2. The Morgan fingerprint density at radius 3 is 2.66 bits per heavy atom. The number of carboxylic acid groups (broad SMARTS) is 1. The van der Waals surface area contributed by atoms with Crippen LogP contribution < -0.4 is 5.32 Å². The van der Waals surface area contributed by atoms with Crippen molar-refractivity contribution in [2.45, 2.75) is 43.1 Å². The number of rotatable bonds is 6. The average Bonchev–Trinajstić information content (AvgIpc) is 2.90. The number of nitrogens with zero attached hydrogens (tertiary/aromatic N) is 1. The summed E-state index contributed by atoms with van der Waals surface area (Å²) in [6.07, 6.45) is 0. The van der Waals surface area contributed by atoms with E-state index in [0.29, 0.717) is 16.0 Å². The van der Waals surface area contributed by atoms with Crippen molar-refractivity contribution in [2.24, 2.45) is 0 Å². The van der Waals surface area contributed by atoms with Crippen LogP contribution in [0.1, 0.15) is 29.9 Å². The Morgan fingerprint density at radius 1 is 1.28 bits per heavy atom. The smallest absolute Gasteiger partial charge is 0.335 e. The Hall–Kier alpha value is -2.51. The minimum absolute atomic E-state index is 0.0232. The van der Waals surface area contributed by atoms with Crippen LogP contribution in [-0.2, 0) is 11.3 Å². The van der Waals surface area contributed by atoms with Gasteiger partial charge in [0.15, 0.2) is 5.82 Å². The number of carboxylic acids is 1. The summed E-state index contributed by atoms with van der Waals surface area (Å²) in [7, 11) is 0. The zero-order valence-electron chi connectivity index (χ0n) is 16.1. The molecule has 0 aliphatic heterocycles. The molecule has 0 saturated carbocycles. The summed E-state index contributed by atoms with van der Waals surface area (Å²) in [6, 6.07) is 9.69. The summed E-state index contributed by atoms with van der Waals surface area (Å²) in [5.74, 6) is -1.84. The van der Waals surface area contributed by atoms with E-state index in [2.05, 4.69) is 5.32 Å². The second-order valence-electron chi connectivity index (χ2n) is 6.92. The van der Waals surface area contributed by atoms with E-state index in [4.69, 9.17) is 11.6 Å². The zero-order chi connectivity index (χ0) is 21.3. The summed E-state index contributed by atoms with van der Waals surface area (Å²) in [5.41, 5.74) is 1.12. The van der Waals surface area contributed by atoms with Gasteiger partial charge >= 0.3 is 5.97 Å². The molecule has 2 aromatic carbocycles. The van der Waals surface area contributed by atoms with Gasteiger partial charge in [0, 0.05) is 26.9 Å². The highest BCUT2D eigenvalue weighted by molar-refractivity contribution is 7.99. The van der Waals surface area contributed by atoms with Crippen molar-refractivity contribution >= 4 is 46.1 Å². The van der Waals surface area contributed by atoms with Crippen molar-refractivity contribution in [3.8, 4) is 0 Å². The van der Waals surface area contributed by atoms with Crippen LogP contribution in [0.4, 0.5) is 4.39 Å². The third-order valence-corrected chi connectivity index (χ3v) is 5.87. The Morgan fingerprint density at radius 2 is 2.00 bits per heavy atom. The maximum atomic E-state index is 14.9. The Bertz CT molecular complexity index is 1110. The lowest BCUT2D eigenvalue weighted by atomic mass is 10.2. The molecule has 1 aromatic heterocycles. The zero-order valence-corrected chi connectivity index (χ0v) is 17.7. The van der Waals surface area contributed by atoms with Crippen LogP contribution in [0.3, 0.4) is 0 Å². The fourth-order valence-electron chi connectivity index (χ4n) is 3.12. The molecule has 1 heterocycles. The molecule has 152 valence electrons. The highest BCUT2D eigenvalue weighted by Crippen LogP contribution is 2.40. The van der Waals surface area contributed by atoms with Gasteiger partial charge in [0.2, 0.25) is 5.91 Å². The van der Waals surface area contributed by atoms with E-state index in [9.17, 15) is 19.1 Å². The molecule has 0 radical (unpaired) electrons. The first-order chi connectivity index (χ1) is 13.7. The van der Waals surface area contributed by atoms with Crippen molar-refractivity contribution in [3.05, 3.63) is 58.5 Å². The van der Waals surface area contributed by atoms with Crippen molar-refractivity contribution < 1.29 is 19.1 Å². The fourth-order valence-corrected chi connectivity index (χ4v) is 4.37. The van der Waals surface area contributed by atoms with Gasteiger partial charge in [0.1, 0.15) is 6.54 Å². The summed E-state index contributed by atoms with van der Waals surface area (Å²) in [6.45, 7) is 5.46. The molecule has 3 rings (SSSR count). The van der Waals surface area contributed by atoms with Gasteiger partial charge in [0.05, 0.1) is 16.1 Å². The van der Waals surface area contributed by atoms with Crippen LogP contribution >= 0.6 is 23.4 Å². The van der Waals surface area contributed by atoms with Gasteiger partial charge in [-0.25, -0.2) is 9.18 Å². The summed E-state index contributed by atoms with van der Waals surface area (Å²) < 4.78 is 16.5.